The van der Waals surface area contributed by atoms with E-state index in [9.17, 15) is 0 Å². The van der Waals surface area contributed by atoms with Crippen molar-refractivity contribution in [3.8, 4) is 11.9 Å². The van der Waals surface area contributed by atoms with Gasteiger partial charge in [0.05, 0.1) is 29.5 Å². The van der Waals surface area contributed by atoms with Gasteiger partial charge in [-0.25, -0.2) is 4.98 Å². The van der Waals surface area contributed by atoms with Gasteiger partial charge in [0.1, 0.15) is 0 Å². The van der Waals surface area contributed by atoms with E-state index in [1.165, 1.54) is 0 Å². The topological polar surface area (TPSA) is 57.9 Å². The molecule has 1 aromatic heterocycles. The Morgan fingerprint density at radius 2 is 2.21 bits per heavy atom. The van der Waals surface area contributed by atoms with E-state index in [4.69, 9.17) is 21.6 Å². The van der Waals surface area contributed by atoms with Gasteiger partial charge < -0.3 is 10.1 Å². The molecule has 19 heavy (non-hydrogen) atoms. The number of pyridine rings is 1. The quantitative estimate of drug-likeness (QED) is 0.929. The molecule has 4 nitrogen and oxygen atoms in total. The highest BCUT2D eigenvalue weighted by molar-refractivity contribution is 6.33. The van der Waals surface area contributed by atoms with Crippen molar-refractivity contribution in [2.24, 2.45) is 0 Å². The van der Waals surface area contributed by atoms with Crippen molar-refractivity contribution in [1.82, 2.24) is 4.98 Å². The molecule has 0 bridgehead atoms. The zero-order valence-corrected chi connectivity index (χ0v) is 11.1. The van der Waals surface area contributed by atoms with E-state index >= 15 is 0 Å². The average molecular weight is 274 g/mol. The van der Waals surface area contributed by atoms with E-state index < -0.39 is 0 Å². The van der Waals surface area contributed by atoms with Crippen LogP contribution in [0.25, 0.3) is 0 Å². The van der Waals surface area contributed by atoms with Gasteiger partial charge in [0.2, 0.25) is 5.88 Å². The predicted molar refractivity (Wildman–Crippen MR) is 74.3 cm³/mol. The summed E-state index contributed by atoms with van der Waals surface area (Å²) in [6.07, 6.45) is 1.69. The van der Waals surface area contributed by atoms with Crippen molar-refractivity contribution in [1.29, 1.82) is 5.26 Å². The number of anilines is 1. The molecule has 0 aliphatic carbocycles. The van der Waals surface area contributed by atoms with Gasteiger partial charge in [0, 0.05) is 18.8 Å². The molecule has 96 valence electrons. The molecule has 0 saturated heterocycles. The first kappa shape index (κ1) is 13.2. The van der Waals surface area contributed by atoms with Gasteiger partial charge >= 0.3 is 0 Å². The normalized spacial score (nSPS) is 9.74. The highest BCUT2D eigenvalue weighted by Gasteiger charge is 2.02. The summed E-state index contributed by atoms with van der Waals surface area (Å²) < 4.78 is 5.06. The number of nitriles is 1. The maximum atomic E-state index is 8.77. The summed E-state index contributed by atoms with van der Waals surface area (Å²) in [5.74, 6) is 0.574. The maximum absolute atomic E-state index is 8.77. The Kier molecular flexibility index (Phi) is 4.22. The molecule has 0 aliphatic rings. The molecule has 5 heteroatoms. The van der Waals surface area contributed by atoms with Crippen molar-refractivity contribution in [2.45, 2.75) is 6.54 Å². The van der Waals surface area contributed by atoms with Crippen LogP contribution in [0.4, 0.5) is 5.69 Å². The molecule has 1 heterocycles. The Morgan fingerprint density at radius 1 is 1.37 bits per heavy atom. The minimum atomic E-state index is 0.528. The summed E-state index contributed by atoms with van der Waals surface area (Å²) in [7, 11) is 1.58. The molecular formula is C14H12ClN3O. The number of rotatable bonds is 4. The standard InChI is InChI=1S/C14H12ClN3O/c1-19-14-7-11(4-5-17-14)9-18-13-3-2-10(8-16)6-12(13)15/h2-7,18H,9H2,1H3. The Morgan fingerprint density at radius 3 is 2.89 bits per heavy atom. The fraction of sp³-hybridized carbons (Fsp3) is 0.143. The van der Waals surface area contributed by atoms with Crippen molar-refractivity contribution < 1.29 is 4.74 Å². The summed E-state index contributed by atoms with van der Waals surface area (Å²) in [6, 6.07) is 10.9. The van der Waals surface area contributed by atoms with Gasteiger partial charge in [-0.05, 0) is 29.8 Å². The molecule has 0 aliphatic heterocycles. The number of nitrogens with one attached hydrogen (secondary N) is 1. The van der Waals surface area contributed by atoms with Gasteiger partial charge in [-0.2, -0.15) is 5.26 Å². The lowest BCUT2D eigenvalue weighted by Gasteiger charge is -2.09. The minimum Gasteiger partial charge on any atom is -0.481 e. The Hall–Kier alpha value is -2.25. The van der Waals surface area contributed by atoms with Crippen LogP contribution in [0.3, 0.4) is 0 Å². The van der Waals surface area contributed by atoms with Crippen LogP contribution < -0.4 is 10.1 Å². The monoisotopic (exact) mass is 273 g/mol. The van der Waals surface area contributed by atoms with E-state index in [0.29, 0.717) is 23.0 Å². The maximum Gasteiger partial charge on any atom is 0.213 e. The summed E-state index contributed by atoms with van der Waals surface area (Å²) in [5, 5.41) is 12.5. The highest BCUT2D eigenvalue weighted by atomic mass is 35.5. The van der Waals surface area contributed by atoms with E-state index in [-0.39, 0.29) is 0 Å². The third kappa shape index (κ3) is 3.36. The molecule has 1 aromatic carbocycles. The lowest BCUT2D eigenvalue weighted by Crippen LogP contribution is -2.01. The summed E-state index contributed by atoms with van der Waals surface area (Å²) in [5.41, 5.74) is 2.37. The van der Waals surface area contributed by atoms with Crippen LogP contribution in [0, 0.1) is 11.3 Å². The molecule has 2 rings (SSSR count). The van der Waals surface area contributed by atoms with Crippen LogP contribution in [0.1, 0.15) is 11.1 Å². The van der Waals surface area contributed by atoms with Crippen molar-refractivity contribution in [2.75, 3.05) is 12.4 Å². The summed E-state index contributed by atoms with van der Waals surface area (Å²) in [4.78, 5) is 4.04. The highest BCUT2D eigenvalue weighted by Crippen LogP contribution is 2.23. The second-order valence-electron chi connectivity index (χ2n) is 3.87. The Bertz CT molecular complexity index is 622. The SMILES string of the molecule is COc1cc(CNc2ccc(C#N)cc2Cl)ccn1. The molecule has 0 radical (unpaired) electrons. The number of hydrogen-bond donors (Lipinski definition) is 1. The molecular weight excluding hydrogens is 262 g/mol. The van der Waals surface area contributed by atoms with E-state index in [2.05, 4.69) is 10.3 Å². The third-order valence-electron chi connectivity index (χ3n) is 2.59. The first-order chi connectivity index (χ1) is 9.22. The van der Waals surface area contributed by atoms with E-state index in [0.717, 1.165) is 11.3 Å². The van der Waals surface area contributed by atoms with Crippen LogP contribution >= 0.6 is 11.6 Å². The number of halogens is 1. The number of nitrogens with zero attached hydrogens (tertiary/aromatic N) is 2. The Balaban J connectivity index is 2.08. The lowest BCUT2D eigenvalue weighted by molar-refractivity contribution is 0.397. The summed E-state index contributed by atoms with van der Waals surface area (Å²) in [6.45, 7) is 0.602. The first-order valence-corrected chi connectivity index (χ1v) is 6.03. The molecule has 2 aromatic rings. The zero-order chi connectivity index (χ0) is 13.7. The van der Waals surface area contributed by atoms with Gasteiger partial charge in [-0.15, -0.1) is 0 Å². The van der Waals surface area contributed by atoms with Crippen LogP contribution in [0.5, 0.6) is 5.88 Å². The molecule has 0 saturated carbocycles. The van der Waals surface area contributed by atoms with Gasteiger partial charge in [-0.3, -0.25) is 0 Å². The number of methoxy groups -OCH3 is 1. The van der Waals surface area contributed by atoms with Crippen molar-refractivity contribution >= 4 is 17.3 Å². The van der Waals surface area contributed by atoms with Crippen LogP contribution in [-0.2, 0) is 6.54 Å². The van der Waals surface area contributed by atoms with Gasteiger partial charge in [-0.1, -0.05) is 11.6 Å². The van der Waals surface area contributed by atoms with E-state index in [1.807, 2.05) is 18.2 Å². The molecule has 0 atom stereocenters. The first-order valence-electron chi connectivity index (χ1n) is 5.65. The number of benzene rings is 1. The van der Waals surface area contributed by atoms with Crippen LogP contribution in [0.2, 0.25) is 5.02 Å². The third-order valence-corrected chi connectivity index (χ3v) is 2.90. The number of ether oxygens (including phenoxy) is 1. The van der Waals surface area contributed by atoms with E-state index in [1.54, 1.807) is 31.5 Å². The number of aromatic nitrogens is 1. The van der Waals surface area contributed by atoms with Gasteiger partial charge in [0.15, 0.2) is 0 Å². The molecule has 0 amide bonds. The largest absolute Gasteiger partial charge is 0.481 e. The van der Waals surface area contributed by atoms with Gasteiger partial charge in [0.25, 0.3) is 0 Å². The second kappa shape index (κ2) is 6.07. The second-order valence-corrected chi connectivity index (χ2v) is 4.27. The zero-order valence-electron chi connectivity index (χ0n) is 10.4. The fourth-order valence-electron chi connectivity index (χ4n) is 1.60. The number of hydrogen-bond acceptors (Lipinski definition) is 4. The van der Waals surface area contributed by atoms with Crippen molar-refractivity contribution in [3.63, 3.8) is 0 Å². The van der Waals surface area contributed by atoms with Crippen LogP contribution in [-0.4, -0.2) is 12.1 Å². The van der Waals surface area contributed by atoms with Crippen LogP contribution in [0.15, 0.2) is 36.5 Å². The summed E-state index contributed by atoms with van der Waals surface area (Å²) >= 11 is 6.08. The average Bonchev–Trinajstić information content (AvgIpc) is 2.46. The van der Waals surface area contributed by atoms with Crippen molar-refractivity contribution in [3.05, 3.63) is 52.7 Å². The molecule has 1 N–H and O–H groups in total. The molecule has 0 spiro atoms. The predicted octanol–water partition coefficient (Wildman–Crippen LogP) is 3.23. The smallest absolute Gasteiger partial charge is 0.213 e. The fourth-order valence-corrected chi connectivity index (χ4v) is 1.84. The molecule has 0 unspecified atom stereocenters. The Labute approximate surface area is 116 Å². The molecule has 0 fully saturated rings. The lowest BCUT2D eigenvalue weighted by atomic mass is 10.2. The minimum absolute atomic E-state index is 0.528.